The summed E-state index contributed by atoms with van der Waals surface area (Å²) >= 11 is 5.90. The molecule has 0 fully saturated rings. The molecule has 0 aliphatic carbocycles. The smallest absolute Gasteiger partial charge is 0.0822 e. The summed E-state index contributed by atoms with van der Waals surface area (Å²) in [7, 11) is 3.20. The highest BCUT2D eigenvalue weighted by Gasteiger charge is 1.98. The first-order valence-electron chi connectivity index (χ1n) is 3.83. The van der Waals surface area contributed by atoms with Gasteiger partial charge in [-0.2, -0.15) is 0 Å². The third-order valence-corrected chi connectivity index (χ3v) is 2.23. The first-order chi connectivity index (χ1) is 4.81. The summed E-state index contributed by atoms with van der Waals surface area (Å²) in [6, 6.07) is 1.28. The lowest BCUT2D eigenvalue weighted by Gasteiger charge is -2.09. The van der Waals surface area contributed by atoms with Crippen LogP contribution in [-0.2, 0) is 0 Å². The molecule has 1 unspecified atom stereocenters. The van der Waals surface area contributed by atoms with Crippen LogP contribution in [0.15, 0.2) is 0 Å². The summed E-state index contributed by atoms with van der Waals surface area (Å²) in [6.07, 6.45) is 1.11. The van der Waals surface area contributed by atoms with Gasteiger partial charge in [-0.1, -0.05) is 6.04 Å². The second-order valence-electron chi connectivity index (χ2n) is 2.31. The zero-order chi connectivity index (χ0) is 7.82. The van der Waals surface area contributed by atoms with Crippen LogP contribution in [0, 0.1) is 0 Å². The van der Waals surface area contributed by atoms with E-state index < -0.39 is 0 Å². The van der Waals surface area contributed by atoms with Crippen molar-refractivity contribution in [1.29, 1.82) is 0 Å². The summed E-state index contributed by atoms with van der Waals surface area (Å²) in [4.78, 5) is 0. The molecule has 0 aromatic rings. The van der Waals surface area contributed by atoms with E-state index in [9.17, 15) is 0 Å². The van der Waals surface area contributed by atoms with Gasteiger partial charge in [0.2, 0.25) is 0 Å². The van der Waals surface area contributed by atoms with E-state index in [1.54, 1.807) is 0 Å². The number of nitrogens with one attached hydrogen (secondary N) is 2. The van der Waals surface area contributed by atoms with E-state index in [-0.39, 0.29) is 5.50 Å². The predicted molar refractivity (Wildman–Crippen MR) is 50.9 cm³/mol. The molecule has 0 saturated carbocycles. The van der Waals surface area contributed by atoms with Gasteiger partial charge in [0.25, 0.3) is 0 Å². The number of alkyl halides is 1. The largest absolute Gasteiger partial charge is 0.318 e. The normalized spacial score (nSPS) is 13.8. The number of halogens is 1. The van der Waals surface area contributed by atoms with Crippen molar-refractivity contribution in [3.63, 3.8) is 0 Å². The molecule has 0 saturated heterocycles. The van der Waals surface area contributed by atoms with Crippen LogP contribution in [0.25, 0.3) is 0 Å². The molecule has 0 heterocycles. The SMILES string of the molecule is CNCCNC(Cl)CC[SiH3]. The summed E-state index contributed by atoms with van der Waals surface area (Å²) in [5.41, 5.74) is 0.186. The van der Waals surface area contributed by atoms with E-state index >= 15 is 0 Å². The van der Waals surface area contributed by atoms with Gasteiger partial charge in [0, 0.05) is 23.3 Å². The van der Waals surface area contributed by atoms with Crippen molar-refractivity contribution in [2.45, 2.75) is 18.0 Å². The van der Waals surface area contributed by atoms with Crippen molar-refractivity contribution >= 4 is 21.8 Å². The highest BCUT2D eigenvalue weighted by atomic mass is 35.5. The molecule has 62 valence electrons. The first-order valence-corrected chi connectivity index (χ1v) is 5.68. The number of hydrogen-bond acceptors (Lipinski definition) is 2. The topological polar surface area (TPSA) is 24.1 Å². The van der Waals surface area contributed by atoms with E-state index in [4.69, 9.17) is 11.6 Å². The zero-order valence-corrected chi connectivity index (χ0v) is 9.54. The third kappa shape index (κ3) is 6.55. The third-order valence-electron chi connectivity index (χ3n) is 1.28. The van der Waals surface area contributed by atoms with Gasteiger partial charge >= 0.3 is 0 Å². The number of hydrogen-bond donors (Lipinski definition) is 2. The number of likely N-dealkylation sites (N-methyl/N-ethyl adjacent to an activating group) is 1. The molecule has 4 heteroatoms. The number of rotatable bonds is 6. The van der Waals surface area contributed by atoms with Crippen LogP contribution < -0.4 is 10.6 Å². The predicted octanol–water partition coefficient (Wildman–Crippen LogP) is -0.466. The Morgan fingerprint density at radius 3 is 2.70 bits per heavy atom. The van der Waals surface area contributed by atoms with Crippen molar-refractivity contribution in [1.82, 2.24) is 10.6 Å². The second-order valence-corrected chi connectivity index (χ2v) is 3.84. The molecule has 0 aromatic heterocycles. The quantitative estimate of drug-likeness (QED) is 0.250. The van der Waals surface area contributed by atoms with Crippen molar-refractivity contribution < 1.29 is 0 Å². The van der Waals surface area contributed by atoms with E-state index in [2.05, 4.69) is 10.6 Å². The van der Waals surface area contributed by atoms with Crippen molar-refractivity contribution in [3.05, 3.63) is 0 Å². The fourth-order valence-electron chi connectivity index (χ4n) is 0.709. The van der Waals surface area contributed by atoms with E-state index in [1.165, 1.54) is 16.3 Å². The Balaban J connectivity index is 2.97. The maximum Gasteiger partial charge on any atom is 0.0822 e. The fourth-order valence-corrected chi connectivity index (χ4v) is 1.98. The molecule has 0 amide bonds. The van der Waals surface area contributed by atoms with Gasteiger partial charge < -0.3 is 10.6 Å². The summed E-state index contributed by atoms with van der Waals surface area (Å²) in [6.45, 7) is 1.95. The molecule has 2 N–H and O–H groups in total. The van der Waals surface area contributed by atoms with Gasteiger partial charge in [0.15, 0.2) is 0 Å². The van der Waals surface area contributed by atoms with Crippen LogP contribution >= 0.6 is 11.6 Å². The van der Waals surface area contributed by atoms with E-state index in [1.807, 2.05) is 7.05 Å². The second kappa shape index (κ2) is 7.53. The maximum atomic E-state index is 5.90. The van der Waals surface area contributed by atoms with Crippen molar-refractivity contribution in [2.24, 2.45) is 0 Å². The van der Waals surface area contributed by atoms with Crippen LogP contribution in [-0.4, -0.2) is 35.9 Å². The Hall–Kier alpha value is 0.427. The summed E-state index contributed by atoms with van der Waals surface area (Å²) < 4.78 is 0. The molecule has 0 bridgehead atoms. The van der Waals surface area contributed by atoms with Crippen LogP contribution in [0.4, 0.5) is 0 Å². The molecule has 2 nitrogen and oxygen atoms in total. The van der Waals surface area contributed by atoms with Gasteiger partial charge in [0.1, 0.15) is 0 Å². The summed E-state index contributed by atoms with van der Waals surface area (Å²) in [5.74, 6) is 0. The minimum absolute atomic E-state index is 0.186. The molecule has 1 atom stereocenters. The minimum atomic E-state index is 0.186. The van der Waals surface area contributed by atoms with Crippen LogP contribution in [0.1, 0.15) is 6.42 Å². The average molecular weight is 181 g/mol. The Morgan fingerprint density at radius 2 is 2.20 bits per heavy atom. The standard InChI is InChI=1S/C6H17ClN2Si/c1-8-3-4-9-6(7)2-5-10/h6,8-9H,2-5H2,1,10H3. The fraction of sp³-hybridized carbons (Fsp3) is 1.00. The Kier molecular flexibility index (Phi) is 7.85. The lowest BCUT2D eigenvalue weighted by molar-refractivity contribution is 0.604. The zero-order valence-electron chi connectivity index (χ0n) is 6.78. The summed E-state index contributed by atoms with van der Waals surface area (Å²) in [5, 5.41) is 6.26. The maximum absolute atomic E-state index is 5.90. The lowest BCUT2D eigenvalue weighted by Crippen LogP contribution is -2.30. The highest BCUT2D eigenvalue weighted by Crippen LogP contribution is 1.98. The molecule has 0 aliphatic heterocycles. The van der Waals surface area contributed by atoms with Gasteiger partial charge in [0.05, 0.1) is 5.50 Å². The lowest BCUT2D eigenvalue weighted by atomic mass is 10.4. The Morgan fingerprint density at radius 1 is 1.50 bits per heavy atom. The molecule has 0 aromatic carbocycles. The van der Waals surface area contributed by atoms with Crippen LogP contribution in [0.3, 0.4) is 0 Å². The highest BCUT2D eigenvalue weighted by molar-refractivity contribution is 6.20. The molecular weight excluding hydrogens is 164 g/mol. The van der Waals surface area contributed by atoms with Crippen molar-refractivity contribution in [2.75, 3.05) is 20.1 Å². The molecule has 0 radical (unpaired) electrons. The average Bonchev–Trinajstić information content (AvgIpc) is 1.89. The molecule has 0 spiro atoms. The Bertz CT molecular complexity index is 72.8. The van der Waals surface area contributed by atoms with Gasteiger partial charge in [-0.15, -0.1) is 11.6 Å². The van der Waals surface area contributed by atoms with Gasteiger partial charge in [-0.25, -0.2) is 0 Å². The molecule has 0 aliphatic rings. The molecule has 0 rings (SSSR count). The molecule has 10 heavy (non-hydrogen) atoms. The van der Waals surface area contributed by atoms with E-state index in [0.29, 0.717) is 0 Å². The van der Waals surface area contributed by atoms with Crippen LogP contribution in [0.2, 0.25) is 6.04 Å². The minimum Gasteiger partial charge on any atom is -0.318 e. The molecular formula is C6H17ClN2Si. The van der Waals surface area contributed by atoms with Gasteiger partial charge in [-0.05, 0) is 13.5 Å². The van der Waals surface area contributed by atoms with Crippen LogP contribution in [0.5, 0.6) is 0 Å². The monoisotopic (exact) mass is 180 g/mol. The van der Waals surface area contributed by atoms with Gasteiger partial charge in [-0.3, -0.25) is 0 Å². The first kappa shape index (κ1) is 10.4. The van der Waals surface area contributed by atoms with E-state index in [0.717, 1.165) is 19.5 Å². The van der Waals surface area contributed by atoms with Crippen molar-refractivity contribution in [3.8, 4) is 0 Å². The Labute approximate surface area is 71.1 Å².